The lowest BCUT2D eigenvalue weighted by Crippen LogP contribution is -2.31. The zero-order valence-electron chi connectivity index (χ0n) is 11.3. The highest BCUT2D eigenvalue weighted by molar-refractivity contribution is 7.09. The molecule has 5 nitrogen and oxygen atoms in total. The Morgan fingerprint density at radius 1 is 1.61 bits per heavy atom. The first-order chi connectivity index (χ1) is 8.54. The molecule has 6 heteroatoms. The molecule has 1 amide bonds. The molecular formula is C12H22N4OS. The highest BCUT2D eigenvalue weighted by atomic mass is 32.1. The van der Waals surface area contributed by atoms with Crippen LogP contribution in [-0.4, -0.2) is 42.0 Å². The molecule has 18 heavy (non-hydrogen) atoms. The van der Waals surface area contributed by atoms with E-state index in [4.69, 9.17) is 5.73 Å². The molecule has 0 bridgehead atoms. The fourth-order valence-corrected chi connectivity index (χ4v) is 2.04. The number of carbonyl (C=O) groups excluding carboxylic acids is 1. The van der Waals surface area contributed by atoms with Crippen molar-refractivity contribution >= 4 is 17.2 Å². The van der Waals surface area contributed by atoms with Crippen LogP contribution >= 0.6 is 11.3 Å². The number of nitrogens with one attached hydrogen (secondary N) is 1. The lowest BCUT2D eigenvalue weighted by molar-refractivity contribution is 0.0947. The number of nitrogens with zero attached hydrogens (tertiary/aromatic N) is 2. The van der Waals surface area contributed by atoms with Crippen LogP contribution in [0.3, 0.4) is 0 Å². The second kappa shape index (κ2) is 7.45. The molecule has 3 N–H and O–H groups in total. The molecular weight excluding hydrogens is 248 g/mol. The summed E-state index contributed by atoms with van der Waals surface area (Å²) in [5, 5.41) is 5.41. The highest BCUT2D eigenvalue weighted by Gasteiger charge is 2.09. The van der Waals surface area contributed by atoms with Crippen LogP contribution < -0.4 is 11.1 Å². The lowest BCUT2D eigenvalue weighted by Gasteiger charge is -2.20. The van der Waals surface area contributed by atoms with Crippen LogP contribution in [-0.2, 0) is 6.54 Å². The van der Waals surface area contributed by atoms with Gasteiger partial charge in [-0.1, -0.05) is 0 Å². The van der Waals surface area contributed by atoms with Crippen molar-refractivity contribution in [2.24, 2.45) is 5.73 Å². The predicted molar refractivity (Wildman–Crippen MR) is 74.7 cm³/mol. The average Bonchev–Trinajstić information content (AvgIpc) is 2.82. The van der Waals surface area contributed by atoms with Gasteiger partial charge in [0, 0.05) is 24.5 Å². The van der Waals surface area contributed by atoms with E-state index < -0.39 is 0 Å². The minimum Gasteiger partial charge on any atom is -0.351 e. The van der Waals surface area contributed by atoms with E-state index >= 15 is 0 Å². The van der Waals surface area contributed by atoms with Crippen molar-refractivity contribution in [3.05, 3.63) is 16.1 Å². The van der Waals surface area contributed by atoms with Gasteiger partial charge in [0.2, 0.25) is 0 Å². The molecule has 0 radical (unpaired) electrons. The Balaban J connectivity index is 2.25. The molecule has 1 heterocycles. The maximum atomic E-state index is 11.7. The number of hydrogen-bond donors (Lipinski definition) is 2. The Labute approximate surface area is 112 Å². The second-order valence-electron chi connectivity index (χ2n) is 4.51. The zero-order valence-corrected chi connectivity index (χ0v) is 12.1. The number of aromatic nitrogens is 1. The first-order valence-electron chi connectivity index (χ1n) is 6.17. The third-order valence-electron chi connectivity index (χ3n) is 2.81. The summed E-state index contributed by atoms with van der Waals surface area (Å²) in [4.78, 5) is 18.1. The summed E-state index contributed by atoms with van der Waals surface area (Å²) in [7, 11) is 2.08. The minimum absolute atomic E-state index is 0.113. The Morgan fingerprint density at radius 2 is 2.33 bits per heavy atom. The van der Waals surface area contributed by atoms with E-state index in [0.29, 0.717) is 24.8 Å². The van der Waals surface area contributed by atoms with Crippen LogP contribution in [0.1, 0.15) is 35.8 Å². The topological polar surface area (TPSA) is 71.2 Å². The lowest BCUT2D eigenvalue weighted by atomic mass is 10.3. The molecule has 0 fully saturated rings. The van der Waals surface area contributed by atoms with Crippen LogP contribution in [0.5, 0.6) is 0 Å². The summed E-state index contributed by atoms with van der Waals surface area (Å²) in [6.45, 7) is 6.34. The van der Waals surface area contributed by atoms with Crippen molar-refractivity contribution in [2.45, 2.75) is 32.9 Å². The molecule has 0 aromatic carbocycles. The van der Waals surface area contributed by atoms with Crippen molar-refractivity contribution in [3.63, 3.8) is 0 Å². The van der Waals surface area contributed by atoms with E-state index in [9.17, 15) is 4.79 Å². The summed E-state index contributed by atoms with van der Waals surface area (Å²) >= 11 is 1.42. The normalized spacial score (nSPS) is 11.2. The maximum absolute atomic E-state index is 11.7. The number of hydrogen-bond acceptors (Lipinski definition) is 5. The second-order valence-corrected chi connectivity index (χ2v) is 5.46. The Bertz CT molecular complexity index is 378. The van der Waals surface area contributed by atoms with Gasteiger partial charge < -0.3 is 16.0 Å². The van der Waals surface area contributed by atoms with E-state index in [-0.39, 0.29) is 5.91 Å². The van der Waals surface area contributed by atoms with Crippen LogP contribution in [0.25, 0.3) is 0 Å². The summed E-state index contributed by atoms with van der Waals surface area (Å²) in [5.41, 5.74) is 5.93. The van der Waals surface area contributed by atoms with Gasteiger partial charge in [0.25, 0.3) is 5.91 Å². The van der Waals surface area contributed by atoms with Crippen molar-refractivity contribution in [3.8, 4) is 0 Å². The van der Waals surface area contributed by atoms with Crippen LogP contribution in [0.2, 0.25) is 0 Å². The summed E-state index contributed by atoms with van der Waals surface area (Å²) in [6, 6.07) is 0.534. The van der Waals surface area contributed by atoms with E-state index in [1.807, 2.05) is 0 Å². The molecule has 1 aromatic rings. The fraction of sp³-hybridized carbons (Fsp3) is 0.667. The quantitative estimate of drug-likeness (QED) is 0.727. The average molecular weight is 270 g/mol. The SMILES string of the molecule is CC(C)N(C)CCCNC(=O)c1csc(CN)n1. The smallest absolute Gasteiger partial charge is 0.270 e. The first kappa shape index (κ1) is 15.1. The molecule has 0 spiro atoms. The predicted octanol–water partition coefficient (Wildman–Crippen LogP) is 1.06. The van der Waals surface area contributed by atoms with Crippen molar-refractivity contribution in [2.75, 3.05) is 20.1 Å². The monoisotopic (exact) mass is 270 g/mol. The molecule has 0 aliphatic heterocycles. The van der Waals surface area contributed by atoms with Crippen molar-refractivity contribution < 1.29 is 4.79 Å². The maximum Gasteiger partial charge on any atom is 0.270 e. The van der Waals surface area contributed by atoms with Gasteiger partial charge in [-0.2, -0.15) is 0 Å². The van der Waals surface area contributed by atoms with Crippen molar-refractivity contribution in [1.29, 1.82) is 0 Å². The van der Waals surface area contributed by atoms with E-state index in [0.717, 1.165) is 18.0 Å². The van der Waals surface area contributed by atoms with E-state index in [1.54, 1.807) is 5.38 Å². The molecule has 0 unspecified atom stereocenters. The van der Waals surface area contributed by atoms with Gasteiger partial charge in [0.05, 0.1) is 0 Å². The number of amides is 1. The molecule has 1 aromatic heterocycles. The number of rotatable bonds is 7. The molecule has 102 valence electrons. The largest absolute Gasteiger partial charge is 0.351 e. The molecule has 0 atom stereocenters. The minimum atomic E-state index is -0.113. The molecule has 0 saturated heterocycles. The van der Waals surface area contributed by atoms with Gasteiger partial charge in [-0.15, -0.1) is 11.3 Å². The Morgan fingerprint density at radius 3 is 2.89 bits per heavy atom. The summed E-state index contributed by atoms with van der Waals surface area (Å²) in [6.07, 6.45) is 0.939. The van der Waals surface area contributed by atoms with Crippen LogP contribution in [0, 0.1) is 0 Å². The number of carbonyl (C=O) groups is 1. The molecule has 0 saturated carbocycles. The third-order valence-corrected chi connectivity index (χ3v) is 3.68. The van der Waals surface area contributed by atoms with Gasteiger partial charge >= 0.3 is 0 Å². The Kier molecular flexibility index (Phi) is 6.24. The third kappa shape index (κ3) is 4.72. The summed E-state index contributed by atoms with van der Waals surface area (Å²) < 4.78 is 0. The fourth-order valence-electron chi connectivity index (χ4n) is 1.39. The van der Waals surface area contributed by atoms with Crippen LogP contribution in [0.15, 0.2) is 5.38 Å². The Hall–Kier alpha value is -0.980. The van der Waals surface area contributed by atoms with Gasteiger partial charge in [-0.25, -0.2) is 4.98 Å². The van der Waals surface area contributed by atoms with E-state index in [1.165, 1.54) is 11.3 Å². The van der Waals surface area contributed by atoms with Gasteiger partial charge in [0.15, 0.2) is 0 Å². The highest BCUT2D eigenvalue weighted by Crippen LogP contribution is 2.08. The van der Waals surface area contributed by atoms with Crippen LogP contribution in [0.4, 0.5) is 0 Å². The number of thiazole rings is 1. The number of nitrogens with two attached hydrogens (primary N) is 1. The first-order valence-corrected chi connectivity index (χ1v) is 7.05. The van der Waals surface area contributed by atoms with Crippen molar-refractivity contribution in [1.82, 2.24) is 15.2 Å². The molecule has 1 rings (SSSR count). The zero-order chi connectivity index (χ0) is 13.5. The standard InChI is InChI=1S/C12H22N4OS/c1-9(2)16(3)6-4-5-14-12(17)10-8-18-11(7-13)15-10/h8-9H,4-7,13H2,1-3H3,(H,14,17). The van der Waals surface area contributed by atoms with Gasteiger partial charge in [0.1, 0.15) is 10.7 Å². The van der Waals surface area contributed by atoms with E-state index in [2.05, 4.69) is 36.1 Å². The molecule has 0 aliphatic carbocycles. The van der Waals surface area contributed by atoms with Gasteiger partial charge in [-0.05, 0) is 33.9 Å². The van der Waals surface area contributed by atoms with Gasteiger partial charge in [-0.3, -0.25) is 4.79 Å². The molecule has 0 aliphatic rings. The summed E-state index contributed by atoms with van der Waals surface area (Å²) in [5.74, 6) is -0.113.